The smallest absolute Gasteiger partial charge is 0.226 e. The summed E-state index contributed by atoms with van der Waals surface area (Å²) in [4.78, 5) is 21.5. The normalized spacial score (nSPS) is 21.4. The summed E-state index contributed by atoms with van der Waals surface area (Å²) in [6.45, 7) is 2.05. The third-order valence-corrected chi connectivity index (χ3v) is 7.10. The molecule has 0 spiro atoms. The Hall–Kier alpha value is -3.65. The minimum Gasteiger partial charge on any atom is -0.382 e. The SMILES string of the molecule is CC1(C(=O)N[C@@H](Cc2ccccc2)c2ncc(-c3ccc4[nH]nc(N)c4c3)[nH]2)CCC(N)CC1. The van der Waals surface area contributed by atoms with Gasteiger partial charge in [0.25, 0.3) is 0 Å². The summed E-state index contributed by atoms with van der Waals surface area (Å²) in [7, 11) is 0. The van der Waals surface area contributed by atoms with Crippen LogP contribution in [0.15, 0.2) is 54.7 Å². The van der Waals surface area contributed by atoms with Crippen LogP contribution >= 0.6 is 0 Å². The number of nitrogens with two attached hydrogens (primary N) is 2. The molecule has 1 aliphatic carbocycles. The van der Waals surface area contributed by atoms with E-state index in [-0.39, 0.29) is 18.0 Å². The number of aromatic amines is 2. The molecular formula is C26H31N7O. The number of fused-ring (bicyclic) bond motifs is 1. The molecule has 5 rings (SSSR count). The molecule has 8 heteroatoms. The van der Waals surface area contributed by atoms with Crippen molar-refractivity contribution in [2.45, 2.75) is 51.1 Å². The largest absolute Gasteiger partial charge is 0.382 e. The summed E-state index contributed by atoms with van der Waals surface area (Å²) in [6.07, 6.45) is 5.79. The Morgan fingerprint density at radius 2 is 1.97 bits per heavy atom. The molecule has 0 aliphatic heterocycles. The van der Waals surface area contributed by atoms with Crippen LogP contribution < -0.4 is 16.8 Å². The summed E-state index contributed by atoms with van der Waals surface area (Å²) in [6, 6.07) is 16.0. The number of nitrogens with zero attached hydrogens (tertiary/aromatic N) is 2. The van der Waals surface area contributed by atoms with E-state index in [0.29, 0.717) is 12.2 Å². The molecule has 0 saturated heterocycles. The molecule has 0 radical (unpaired) electrons. The van der Waals surface area contributed by atoms with Gasteiger partial charge in [0, 0.05) is 22.4 Å². The third kappa shape index (κ3) is 4.41. The predicted molar refractivity (Wildman–Crippen MR) is 134 cm³/mol. The Labute approximate surface area is 198 Å². The van der Waals surface area contributed by atoms with Gasteiger partial charge >= 0.3 is 0 Å². The second-order valence-corrected chi connectivity index (χ2v) is 9.67. The van der Waals surface area contributed by atoms with E-state index in [4.69, 9.17) is 11.5 Å². The lowest BCUT2D eigenvalue weighted by molar-refractivity contribution is -0.132. The van der Waals surface area contributed by atoms with Crippen LogP contribution in [0.3, 0.4) is 0 Å². The highest BCUT2D eigenvalue weighted by atomic mass is 16.2. The molecule has 0 unspecified atom stereocenters. The molecule has 0 bridgehead atoms. The zero-order chi connectivity index (χ0) is 23.7. The van der Waals surface area contributed by atoms with Gasteiger partial charge < -0.3 is 21.8 Å². The Balaban J connectivity index is 1.42. The van der Waals surface area contributed by atoms with E-state index < -0.39 is 5.41 Å². The first-order chi connectivity index (χ1) is 16.4. The number of hydrogen-bond donors (Lipinski definition) is 5. The highest BCUT2D eigenvalue weighted by molar-refractivity contribution is 5.91. The minimum atomic E-state index is -0.413. The number of hydrogen-bond acceptors (Lipinski definition) is 5. The second-order valence-electron chi connectivity index (χ2n) is 9.67. The van der Waals surface area contributed by atoms with Crippen molar-refractivity contribution >= 4 is 22.6 Å². The van der Waals surface area contributed by atoms with Crippen LogP contribution in [0.4, 0.5) is 5.82 Å². The molecule has 8 nitrogen and oxygen atoms in total. The summed E-state index contributed by atoms with van der Waals surface area (Å²) in [5.74, 6) is 1.25. The fourth-order valence-corrected chi connectivity index (χ4v) is 4.76. The van der Waals surface area contributed by atoms with Crippen LogP contribution in [0.25, 0.3) is 22.2 Å². The van der Waals surface area contributed by atoms with Gasteiger partial charge in [-0.3, -0.25) is 9.89 Å². The minimum absolute atomic E-state index is 0.0610. The lowest BCUT2D eigenvalue weighted by Crippen LogP contribution is -2.45. The summed E-state index contributed by atoms with van der Waals surface area (Å²) >= 11 is 0. The van der Waals surface area contributed by atoms with Crippen molar-refractivity contribution in [1.82, 2.24) is 25.5 Å². The molecule has 1 saturated carbocycles. The van der Waals surface area contributed by atoms with Crippen LogP contribution in [0.5, 0.6) is 0 Å². The number of nitrogens with one attached hydrogen (secondary N) is 3. The van der Waals surface area contributed by atoms with Gasteiger partial charge in [-0.25, -0.2) is 4.98 Å². The lowest BCUT2D eigenvalue weighted by Gasteiger charge is -2.35. The topological polar surface area (TPSA) is 138 Å². The van der Waals surface area contributed by atoms with E-state index in [9.17, 15) is 4.79 Å². The number of aromatic nitrogens is 4. The molecule has 1 atom stereocenters. The molecule has 2 aromatic carbocycles. The highest BCUT2D eigenvalue weighted by Gasteiger charge is 2.38. The van der Waals surface area contributed by atoms with Crippen LogP contribution in [0.1, 0.15) is 50.0 Å². The number of anilines is 1. The summed E-state index contributed by atoms with van der Waals surface area (Å²) < 4.78 is 0. The van der Waals surface area contributed by atoms with E-state index in [1.54, 1.807) is 6.20 Å². The maximum atomic E-state index is 13.4. The second kappa shape index (κ2) is 8.95. The first-order valence-corrected chi connectivity index (χ1v) is 11.8. The van der Waals surface area contributed by atoms with E-state index >= 15 is 0 Å². The monoisotopic (exact) mass is 457 g/mol. The maximum Gasteiger partial charge on any atom is 0.226 e. The average molecular weight is 458 g/mol. The zero-order valence-corrected chi connectivity index (χ0v) is 19.3. The molecule has 1 aliphatic rings. The molecule has 2 aromatic heterocycles. The van der Waals surface area contributed by atoms with E-state index in [2.05, 4.69) is 37.6 Å². The van der Waals surface area contributed by atoms with Crippen molar-refractivity contribution in [3.8, 4) is 11.3 Å². The number of carbonyl (C=O) groups excluding carboxylic acids is 1. The van der Waals surface area contributed by atoms with Crippen LogP contribution in [0.2, 0.25) is 0 Å². The Morgan fingerprint density at radius 1 is 1.21 bits per heavy atom. The highest BCUT2D eigenvalue weighted by Crippen LogP contribution is 2.36. The fraction of sp³-hybridized carbons (Fsp3) is 0.346. The fourth-order valence-electron chi connectivity index (χ4n) is 4.76. The van der Waals surface area contributed by atoms with Crippen LogP contribution in [-0.4, -0.2) is 32.1 Å². The number of H-pyrrole nitrogens is 2. The average Bonchev–Trinajstić information content (AvgIpc) is 3.48. The van der Waals surface area contributed by atoms with Gasteiger partial charge in [-0.2, -0.15) is 5.10 Å². The molecule has 176 valence electrons. The van der Waals surface area contributed by atoms with Gasteiger partial charge in [0.15, 0.2) is 5.82 Å². The summed E-state index contributed by atoms with van der Waals surface area (Å²) in [5.41, 5.74) is 15.5. The third-order valence-electron chi connectivity index (χ3n) is 7.10. The van der Waals surface area contributed by atoms with Gasteiger partial charge in [-0.1, -0.05) is 43.3 Å². The molecule has 4 aromatic rings. The van der Waals surface area contributed by atoms with Gasteiger partial charge in [0.2, 0.25) is 5.91 Å². The van der Waals surface area contributed by atoms with Crippen molar-refractivity contribution < 1.29 is 4.79 Å². The van der Waals surface area contributed by atoms with Gasteiger partial charge in [0.1, 0.15) is 5.82 Å². The van der Waals surface area contributed by atoms with E-state index in [0.717, 1.165) is 59.2 Å². The Kier molecular flexibility index (Phi) is 5.83. The number of carbonyl (C=O) groups is 1. The van der Waals surface area contributed by atoms with Crippen molar-refractivity contribution in [1.29, 1.82) is 0 Å². The number of imidazole rings is 1. The van der Waals surface area contributed by atoms with Gasteiger partial charge in [0.05, 0.1) is 23.4 Å². The molecule has 7 N–H and O–H groups in total. The van der Waals surface area contributed by atoms with Crippen molar-refractivity contribution in [2.24, 2.45) is 11.1 Å². The van der Waals surface area contributed by atoms with Crippen LogP contribution in [0, 0.1) is 5.41 Å². The molecule has 1 amide bonds. The molecule has 2 heterocycles. The first-order valence-electron chi connectivity index (χ1n) is 11.8. The Morgan fingerprint density at radius 3 is 2.74 bits per heavy atom. The number of amides is 1. The van der Waals surface area contributed by atoms with Crippen molar-refractivity contribution in [3.63, 3.8) is 0 Å². The van der Waals surface area contributed by atoms with Crippen LogP contribution in [-0.2, 0) is 11.2 Å². The number of benzene rings is 2. The maximum absolute atomic E-state index is 13.4. The van der Waals surface area contributed by atoms with Gasteiger partial charge in [-0.15, -0.1) is 0 Å². The predicted octanol–water partition coefficient (Wildman–Crippen LogP) is 3.84. The molecule has 34 heavy (non-hydrogen) atoms. The van der Waals surface area contributed by atoms with Crippen molar-refractivity contribution in [3.05, 3.63) is 66.1 Å². The summed E-state index contributed by atoms with van der Waals surface area (Å²) in [5, 5.41) is 11.2. The molecular weight excluding hydrogens is 426 g/mol. The number of rotatable bonds is 6. The lowest BCUT2D eigenvalue weighted by atomic mass is 9.73. The zero-order valence-electron chi connectivity index (χ0n) is 19.3. The van der Waals surface area contributed by atoms with Crippen molar-refractivity contribution in [2.75, 3.05) is 5.73 Å². The standard InChI is InChI=1S/C26H31N7O/c1-26(11-9-18(27)10-12-26)25(34)31-21(13-16-5-3-2-4-6-16)24-29-15-22(30-24)17-7-8-20-19(14-17)23(28)33-32-20/h2-8,14-15,18,21H,9-13,27H2,1H3,(H,29,30)(H,31,34)(H3,28,32,33)/t18?,21-,26?/m0/s1. The van der Waals surface area contributed by atoms with E-state index in [1.807, 2.05) is 43.3 Å². The quantitative estimate of drug-likeness (QED) is 0.299. The van der Waals surface area contributed by atoms with E-state index in [1.165, 1.54) is 0 Å². The number of nitrogen functional groups attached to an aromatic ring is 1. The van der Waals surface area contributed by atoms with Gasteiger partial charge in [-0.05, 0) is 49.8 Å². The first kappa shape index (κ1) is 22.2. The molecule has 1 fully saturated rings. The Bertz CT molecular complexity index is 1280.